The van der Waals surface area contributed by atoms with Gasteiger partial charge in [-0.05, 0) is 18.4 Å². The highest BCUT2D eigenvalue weighted by molar-refractivity contribution is 5.93. The van der Waals surface area contributed by atoms with E-state index >= 15 is 0 Å². The number of esters is 4. The standard InChI is InChI=1S/C23H29NO9/c1-14(25)31-10-9-17-12-23(22(29)30-3,33-15(2)26)13-19(20(17)27)32-21(28)18(24)11-16-7-5-4-6-8-16/h4-8,17-19H,9-13,24H2,1-3H3/t17-,18-,19+,23-/m0/s1. The molecule has 2 rings (SSSR count). The Balaban J connectivity index is 2.24. The molecular weight excluding hydrogens is 434 g/mol. The van der Waals surface area contributed by atoms with Crippen molar-refractivity contribution < 1.29 is 42.9 Å². The van der Waals surface area contributed by atoms with Gasteiger partial charge in [-0.3, -0.25) is 19.2 Å². The van der Waals surface area contributed by atoms with E-state index in [-0.39, 0.29) is 25.9 Å². The van der Waals surface area contributed by atoms with Gasteiger partial charge in [0.15, 0.2) is 11.9 Å². The van der Waals surface area contributed by atoms with E-state index in [2.05, 4.69) is 0 Å². The number of Topliss-reactive ketones (excluding diaryl/α,β-unsaturated/α-hetero) is 1. The van der Waals surface area contributed by atoms with Gasteiger partial charge in [-0.15, -0.1) is 0 Å². The van der Waals surface area contributed by atoms with Crippen LogP contribution in [0, 0.1) is 5.92 Å². The molecule has 0 aliphatic heterocycles. The van der Waals surface area contributed by atoms with Crippen molar-refractivity contribution in [2.75, 3.05) is 13.7 Å². The second-order valence-electron chi connectivity index (χ2n) is 7.94. The van der Waals surface area contributed by atoms with Crippen LogP contribution < -0.4 is 5.73 Å². The summed E-state index contributed by atoms with van der Waals surface area (Å²) in [5, 5.41) is 0. The quantitative estimate of drug-likeness (QED) is 0.413. The maximum atomic E-state index is 13.1. The van der Waals surface area contributed by atoms with Crippen molar-refractivity contribution in [3.05, 3.63) is 35.9 Å². The molecule has 1 saturated carbocycles. The van der Waals surface area contributed by atoms with Crippen molar-refractivity contribution >= 4 is 29.7 Å². The normalized spacial score (nSPS) is 23.2. The SMILES string of the molecule is COC(=O)[C@]1(OC(C)=O)C[C@H](CCOC(C)=O)C(=O)[C@H](OC(=O)[C@@H](N)Cc2ccccc2)C1. The van der Waals surface area contributed by atoms with Gasteiger partial charge in [0.2, 0.25) is 5.60 Å². The molecular formula is C23H29NO9. The van der Waals surface area contributed by atoms with Crippen molar-refractivity contribution in [1.29, 1.82) is 0 Å². The predicted molar refractivity (Wildman–Crippen MR) is 113 cm³/mol. The highest BCUT2D eigenvalue weighted by Gasteiger charge is 2.55. The second-order valence-corrected chi connectivity index (χ2v) is 7.94. The zero-order chi connectivity index (χ0) is 24.6. The van der Waals surface area contributed by atoms with Crippen LogP contribution in [-0.4, -0.2) is 61.1 Å². The summed E-state index contributed by atoms with van der Waals surface area (Å²) in [4.78, 5) is 61.2. The number of carbonyl (C=O) groups is 5. The molecule has 1 aliphatic rings. The van der Waals surface area contributed by atoms with Crippen molar-refractivity contribution in [1.82, 2.24) is 0 Å². The van der Waals surface area contributed by atoms with Gasteiger partial charge in [0.05, 0.1) is 13.7 Å². The van der Waals surface area contributed by atoms with E-state index in [4.69, 9.17) is 24.7 Å². The molecule has 0 saturated heterocycles. The molecule has 0 amide bonds. The van der Waals surface area contributed by atoms with Crippen LogP contribution in [0.15, 0.2) is 30.3 Å². The zero-order valence-corrected chi connectivity index (χ0v) is 18.9. The van der Waals surface area contributed by atoms with Gasteiger partial charge in [0.25, 0.3) is 0 Å². The number of rotatable bonds is 9. The third-order valence-corrected chi connectivity index (χ3v) is 5.34. The summed E-state index contributed by atoms with van der Waals surface area (Å²) in [6.45, 7) is 2.24. The van der Waals surface area contributed by atoms with Crippen LogP contribution in [0.3, 0.4) is 0 Å². The van der Waals surface area contributed by atoms with Crippen molar-refractivity contribution in [3.8, 4) is 0 Å². The lowest BCUT2D eigenvalue weighted by atomic mass is 9.74. The van der Waals surface area contributed by atoms with Crippen LogP contribution in [0.2, 0.25) is 0 Å². The average Bonchev–Trinajstić information content (AvgIpc) is 2.76. The van der Waals surface area contributed by atoms with Gasteiger partial charge in [0.1, 0.15) is 6.04 Å². The molecule has 0 heterocycles. The molecule has 0 bridgehead atoms. The second kappa shape index (κ2) is 11.6. The summed E-state index contributed by atoms with van der Waals surface area (Å²) in [7, 11) is 1.12. The topological polar surface area (TPSA) is 148 Å². The molecule has 2 N–H and O–H groups in total. The fourth-order valence-electron chi connectivity index (χ4n) is 3.87. The zero-order valence-electron chi connectivity index (χ0n) is 18.9. The minimum Gasteiger partial charge on any atom is -0.466 e. The molecule has 0 spiro atoms. The average molecular weight is 463 g/mol. The van der Waals surface area contributed by atoms with E-state index < -0.39 is 59.7 Å². The van der Waals surface area contributed by atoms with E-state index in [1.807, 2.05) is 6.07 Å². The van der Waals surface area contributed by atoms with Gasteiger partial charge in [-0.1, -0.05) is 30.3 Å². The Morgan fingerprint density at radius 1 is 1.09 bits per heavy atom. The number of benzene rings is 1. The molecule has 1 fully saturated rings. The van der Waals surface area contributed by atoms with Crippen molar-refractivity contribution in [3.63, 3.8) is 0 Å². The van der Waals surface area contributed by atoms with Crippen LogP contribution in [0.5, 0.6) is 0 Å². The number of hydrogen-bond acceptors (Lipinski definition) is 10. The summed E-state index contributed by atoms with van der Waals surface area (Å²) < 4.78 is 20.4. The lowest BCUT2D eigenvalue weighted by molar-refractivity contribution is -0.195. The molecule has 33 heavy (non-hydrogen) atoms. The molecule has 1 aromatic carbocycles. The third kappa shape index (κ3) is 7.11. The van der Waals surface area contributed by atoms with E-state index in [0.29, 0.717) is 0 Å². The third-order valence-electron chi connectivity index (χ3n) is 5.34. The smallest absolute Gasteiger partial charge is 0.350 e. The predicted octanol–water partition coefficient (Wildman–Crippen LogP) is 0.875. The molecule has 0 unspecified atom stereocenters. The van der Waals surface area contributed by atoms with Crippen LogP contribution in [0.1, 0.15) is 38.7 Å². The molecule has 0 aromatic heterocycles. The van der Waals surface area contributed by atoms with Crippen LogP contribution in [-0.2, 0) is 49.3 Å². The summed E-state index contributed by atoms with van der Waals surface area (Å²) >= 11 is 0. The maximum Gasteiger partial charge on any atom is 0.350 e. The lowest BCUT2D eigenvalue weighted by Crippen LogP contribution is -2.56. The molecule has 4 atom stereocenters. The number of hydrogen-bond donors (Lipinski definition) is 1. The molecule has 10 nitrogen and oxygen atoms in total. The Bertz CT molecular complexity index is 885. The Morgan fingerprint density at radius 3 is 2.33 bits per heavy atom. The largest absolute Gasteiger partial charge is 0.466 e. The first kappa shape index (κ1) is 26.0. The van der Waals surface area contributed by atoms with Gasteiger partial charge in [0, 0.05) is 32.6 Å². The molecule has 1 aromatic rings. The van der Waals surface area contributed by atoms with Crippen LogP contribution in [0.4, 0.5) is 0 Å². The first-order chi connectivity index (χ1) is 15.6. The van der Waals surface area contributed by atoms with Gasteiger partial charge in [-0.25, -0.2) is 4.79 Å². The Labute approximate surface area is 191 Å². The van der Waals surface area contributed by atoms with Gasteiger partial charge < -0.3 is 24.7 Å². The van der Waals surface area contributed by atoms with Gasteiger partial charge >= 0.3 is 23.9 Å². The molecule has 10 heteroatoms. The van der Waals surface area contributed by atoms with E-state index in [1.165, 1.54) is 6.92 Å². The molecule has 0 radical (unpaired) electrons. The van der Waals surface area contributed by atoms with Gasteiger partial charge in [-0.2, -0.15) is 0 Å². The molecule has 180 valence electrons. The number of carbonyl (C=O) groups excluding carboxylic acids is 5. The summed E-state index contributed by atoms with van der Waals surface area (Å²) in [6.07, 6.45) is -1.76. The number of ether oxygens (including phenoxy) is 4. The number of ketones is 1. The maximum absolute atomic E-state index is 13.1. The van der Waals surface area contributed by atoms with Crippen LogP contribution in [0.25, 0.3) is 0 Å². The fraction of sp³-hybridized carbons (Fsp3) is 0.522. The summed E-state index contributed by atoms with van der Waals surface area (Å²) in [5.74, 6) is -4.38. The van der Waals surface area contributed by atoms with E-state index in [9.17, 15) is 24.0 Å². The van der Waals surface area contributed by atoms with E-state index in [1.54, 1.807) is 24.3 Å². The summed E-state index contributed by atoms with van der Waals surface area (Å²) in [6, 6.07) is 7.97. The lowest BCUT2D eigenvalue weighted by Gasteiger charge is -2.40. The highest BCUT2D eigenvalue weighted by atomic mass is 16.6. The Kier molecular flexibility index (Phi) is 9.10. The fourth-order valence-corrected chi connectivity index (χ4v) is 3.87. The monoisotopic (exact) mass is 463 g/mol. The minimum atomic E-state index is -1.83. The first-order valence-electron chi connectivity index (χ1n) is 10.5. The minimum absolute atomic E-state index is 0.0442. The highest BCUT2D eigenvalue weighted by Crippen LogP contribution is 2.38. The Hall–Kier alpha value is -3.27. The van der Waals surface area contributed by atoms with Crippen molar-refractivity contribution in [2.24, 2.45) is 11.7 Å². The van der Waals surface area contributed by atoms with Crippen molar-refractivity contribution in [2.45, 2.75) is 57.3 Å². The van der Waals surface area contributed by atoms with E-state index in [0.717, 1.165) is 19.6 Å². The number of methoxy groups -OCH3 is 1. The number of nitrogens with two attached hydrogens (primary N) is 1. The van der Waals surface area contributed by atoms with Crippen LogP contribution >= 0.6 is 0 Å². The first-order valence-corrected chi connectivity index (χ1v) is 10.5. The summed E-state index contributed by atoms with van der Waals surface area (Å²) in [5.41, 5.74) is 4.95. The molecule has 1 aliphatic carbocycles. The Morgan fingerprint density at radius 2 is 1.76 bits per heavy atom.